The number of nitrogens with zero attached hydrogens (tertiary/aromatic N) is 4. The quantitative estimate of drug-likeness (QED) is 0.920. The van der Waals surface area contributed by atoms with Crippen LogP contribution in [0.5, 0.6) is 0 Å². The highest BCUT2D eigenvalue weighted by Gasteiger charge is 2.30. The molecule has 126 valence electrons. The Morgan fingerprint density at radius 2 is 2.00 bits per heavy atom. The monoisotopic (exact) mass is 347 g/mol. The first kappa shape index (κ1) is 15.4. The molecule has 1 aliphatic carbocycles. The van der Waals surface area contributed by atoms with Crippen molar-refractivity contribution in [1.82, 2.24) is 24.9 Å². The van der Waals surface area contributed by atoms with Crippen molar-refractivity contribution < 1.29 is 4.79 Å². The van der Waals surface area contributed by atoms with Crippen molar-refractivity contribution >= 4 is 17.5 Å². The van der Waals surface area contributed by atoms with Crippen LogP contribution < -0.4 is 5.56 Å². The van der Waals surface area contributed by atoms with Crippen LogP contribution in [0.25, 0.3) is 0 Å². The largest absolute Gasteiger partial charge is 0.338 e. The van der Waals surface area contributed by atoms with Gasteiger partial charge in [-0.3, -0.25) is 9.59 Å². The Morgan fingerprint density at radius 1 is 1.25 bits per heavy atom. The fourth-order valence-corrected chi connectivity index (χ4v) is 3.32. The molecule has 1 saturated carbocycles. The van der Waals surface area contributed by atoms with Crippen molar-refractivity contribution in [2.75, 3.05) is 13.1 Å². The number of likely N-dealkylation sites (tertiary alicyclic amines) is 1. The predicted molar refractivity (Wildman–Crippen MR) is 88.2 cm³/mol. The molecule has 0 radical (unpaired) electrons. The lowest BCUT2D eigenvalue weighted by Gasteiger charge is -2.31. The molecule has 2 aliphatic rings. The Labute approximate surface area is 143 Å². The number of hydrogen-bond donors (Lipinski definition) is 1. The maximum Gasteiger partial charge on any atom is 0.260 e. The van der Waals surface area contributed by atoms with Gasteiger partial charge in [0.15, 0.2) is 0 Å². The lowest BCUT2D eigenvalue weighted by atomic mass is 10.0. The number of piperidine rings is 1. The van der Waals surface area contributed by atoms with E-state index >= 15 is 0 Å². The fourth-order valence-electron chi connectivity index (χ4n) is 3.16. The van der Waals surface area contributed by atoms with Crippen LogP contribution in [0.3, 0.4) is 0 Å². The number of halogens is 1. The van der Waals surface area contributed by atoms with Gasteiger partial charge in [-0.25, -0.2) is 4.68 Å². The van der Waals surface area contributed by atoms with Gasteiger partial charge >= 0.3 is 0 Å². The molecule has 4 rings (SSSR count). The van der Waals surface area contributed by atoms with E-state index < -0.39 is 5.56 Å². The second-order valence-corrected chi connectivity index (χ2v) is 6.92. The smallest absolute Gasteiger partial charge is 0.260 e. The van der Waals surface area contributed by atoms with E-state index in [1.165, 1.54) is 25.1 Å². The normalized spacial score (nSPS) is 18.8. The molecule has 1 saturated heterocycles. The second kappa shape index (κ2) is 6.05. The number of aromatic nitrogens is 4. The number of nitrogens with one attached hydrogen (secondary N) is 1. The summed E-state index contributed by atoms with van der Waals surface area (Å²) in [5.74, 6) is 0.324. The molecule has 2 aromatic rings. The molecular formula is C16H18ClN5O2. The lowest BCUT2D eigenvalue weighted by molar-refractivity contribution is 0.0687. The van der Waals surface area contributed by atoms with Gasteiger partial charge in [0.1, 0.15) is 5.56 Å². The van der Waals surface area contributed by atoms with Crippen LogP contribution in [0.1, 0.15) is 53.7 Å². The molecule has 0 aromatic carbocycles. The van der Waals surface area contributed by atoms with E-state index in [-0.39, 0.29) is 17.5 Å². The number of rotatable bonds is 3. The average molecular weight is 348 g/mol. The summed E-state index contributed by atoms with van der Waals surface area (Å²) in [6.07, 6.45) is 7.45. The molecule has 1 aliphatic heterocycles. The van der Waals surface area contributed by atoms with Crippen molar-refractivity contribution in [2.45, 2.75) is 37.6 Å². The Morgan fingerprint density at radius 3 is 2.71 bits per heavy atom. The number of aromatic amines is 1. The number of amides is 1. The summed E-state index contributed by atoms with van der Waals surface area (Å²) < 4.78 is 1.93. The van der Waals surface area contributed by atoms with E-state index in [0.717, 1.165) is 18.5 Å². The number of H-pyrrole nitrogens is 1. The highest BCUT2D eigenvalue weighted by molar-refractivity contribution is 6.30. The molecule has 2 aromatic heterocycles. The summed E-state index contributed by atoms with van der Waals surface area (Å²) in [6.45, 7) is 1.18. The Hall–Kier alpha value is -2.15. The van der Waals surface area contributed by atoms with Gasteiger partial charge < -0.3 is 9.88 Å². The number of carbonyl (C=O) groups is 1. The minimum atomic E-state index is -0.406. The summed E-state index contributed by atoms with van der Waals surface area (Å²) >= 11 is 5.88. The molecule has 0 spiro atoms. The van der Waals surface area contributed by atoms with Crippen molar-refractivity contribution in [3.63, 3.8) is 0 Å². The topological polar surface area (TPSA) is 83.9 Å². The van der Waals surface area contributed by atoms with Crippen molar-refractivity contribution in [3.8, 4) is 0 Å². The molecule has 8 heteroatoms. The van der Waals surface area contributed by atoms with Crippen LogP contribution in [0.15, 0.2) is 23.3 Å². The Balaban J connectivity index is 1.42. The summed E-state index contributed by atoms with van der Waals surface area (Å²) in [6, 6.07) is 1.68. The Kier molecular flexibility index (Phi) is 3.88. The summed E-state index contributed by atoms with van der Waals surface area (Å²) in [4.78, 5) is 28.5. The van der Waals surface area contributed by atoms with Gasteiger partial charge in [0, 0.05) is 31.4 Å². The van der Waals surface area contributed by atoms with Crippen LogP contribution >= 0.6 is 11.6 Å². The van der Waals surface area contributed by atoms with E-state index in [2.05, 4.69) is 15.3 Å². The molecule has 2 fully saturated rings. The first-order chi connectivity index (χ1) is 11.6. The number of carbonyl (C=O) groups excluding carboxylic acids is 1. The number of pyridine rings is 1. The third kappa shape index (κ3) is 2.96. The molecule has 1 N–H and O–H groups in total. The molecule has 0 unspecified atom stereocenters. The summed E-state index contributed by atoms with van der Waals surface area (Å²) in [5.41, 5.74) is 0.772. The molecule has 24 heavy (non-hydrogen) atoms. The maximum absolute atomic E-state index is 12.5. The fraction of sp³-hybridized carbons (Fsp3) is 0.500. The molecule has 1 amide bonds. The van der Waals surface area contributed by atoms with E-state index in [4.69, 9.17) is 11.6 Å². The van der Waals surface area contributed by atoms with Crippen LogP contribution in [0.4, 0.5) is 0 Å². The van der Waals surface area contributed by atoms with Gasteiger partial charge in [-0.2, -0.15) is 0 Å². The highest BCUT2D eigenvalue weighted by atomic mass is 35.5. The Bertz CT molecular complexity index is 818. The first-order valence-corrected chi connectivity index (χ1v) is 8.59. The standard InChI is InChI=1S/C16H18ClN5O2/c17-11-7-13(15(23)18-8-11)16(24)21-5-3-12(4-6-21)22-9-14(19-20-22)10-1-2-10/h7-10,12H,1-6H2,(H,18,23). The van der Waals surface area contributed by atoms with Gasteiger partial charge in [0.2, 0.25) is 0 Å². The zero-order valence-corrected chi connectivity index (χ0v) is 13.9. The van der Waals surface area contributed by atoms with Crippen LogP contribution in [0, 0.1) is 0 Å². The molecule has 7 nitrogen and oxygen atoms in total. The predicted octanol–water partition coefficient (Wildman–Crippen LogP) is 1.97. The molecule has 3 heterocycles. The zero-order valence-electron chi connectivity index (χ0n) is 13.1. The summed E-state index contributed by atoms with van der Waals surface area (Å²) in [7, 11) is 0. The first-order valence-electron chi connectivity index (χ1n) is 8.21. The van der Waals surface area contributed by atoms with Crippen LogP contribution in [-0.2, 0) is 0 Å². The maximum atomic E-state index is 12.5. The second-order valence-electron chi connectivity index (χ2n) is 6.48. The number of hydrogen-bond acceptors (Lipinski definition) is 4. The van der Waals surface area contributed by atoms with Crippen LogP contribution in [-0.4, -0.2) is 43.9 Å². The van der Waals surface area contributed by atoms with E-state index in [0.29, 0.717) is 24.0 Å². The minimum absolute atomic E-state index is 0.0951. The van der Waals surface area contributed by atoms with E-state index in [1.54, 1.807) is 4.90 Å². The molecular weight excluding hydrogens is 330 g/mol. The zero-order chi connectivity index (χ0) is 16.7. The van der Waals surface area contributed by atoms with Gasteiger partial charge in [0.05, 0.1) is 16.8 Å². The van der Waals surface area contributed by atoms with E-state index in [9.17, 15) is 9.59 Å². The van der Waals surface area contributed by atoms with Gasteiger partial charge in [0.25, 0.3) is 11.5 Å². The molecule has 0 atom stereocenters. The third-order valence-corrected chi connectivity index (χ3v) is 4.97. The summed E-state index contributed by atoms with van der Waals surface area (Å²) in [5, 5.41) is 8.84. The van der Waals surface area contributed by atoms with Crippen molar-refractivity contribution in [1.29, 1.82) is 0 Å². The van der Waals surface area contributed by atoms with Crippen LogP contribution in [0.2, 0.25) is 5.02 Å². The van der Waals surface area contributed by atoms with Gasteiger partial charge in [-0.1, -0.05) is 16.8 Å². The van der Waals surface area contributed by atoms with Crippen molar-refractivity contribution in [3.05, 3.63) is 45.1 Å². The SMILES string of the molecule is O=C(c1cc(Cl)c[nH]c1=O)N1CCC(n2cc(C3CC3)nn2)CC1. The van der Waals surface area contributed by atoms with Gasteiger partial charge in [-0.05, 0) is 31.7 Å². The lowest BCUT2D eigenvalue weighted by Crippen LogP contribution is -2.41. The van der Waals surface area contributed by atoms with E-state index in [1.807, 2.05) is 10.9 Å². The minimum Gasteiger partial charge on any atom is -0.338 e. The highest BCUT2D eigenvalue weighted by Crippen LogP contribution is 2.39. The molecule has 0 bridgehead atoms. The van der Waals surface area contributed by atoms with Gasteiger partial charge in [-0.15, -0.1) is 5.10 Å². The van der Waals surface area contributed by atoms with Crippen molar-refractivity contribution in [2.24, 2.45) is 0 Å². The third-order valence-electron chi connectivity index (χ3n) is 4.75. The average Bonchev–Trinajstić information content (AvgIpc) is 3.34.